The van der Waals surface area contributed by atoms with Crippen molar-refractivity contribution in [2.24, 2.45) is 5.73 Å². The highest BCUT2D eigenvalue weighted by molar-refractivity contribution is 7.98. The third-order valence-corrected chi connectivity index (χ3v) is 3.13. The summed E-state index contributed by atoms with van der Waals surface area (Å²) in [5, 5.41) is 0. The van der Waals surface area contributed by atoms with Crippen molar-refractivity contribution in [1.29, 1.82) is 0 Å². The Labute approximate surface area is 95.2 Å². The molecule has 0 aliphatic carbocycles. The molecular weight excluding hydrogens is 209 g/mol. The van der Waals surface area contributed by atoms with Crippen molar-refractivity contribution >= 4 is 11.8 Å². The van der Waals surface area contributed by atoms with E-state index in [1.807, 2.05) is 13.0 Å². The molecule has 0 bridgehead atoms. The molecule has 1 unspecified atom stereocenters. The van der Waals surface area contributed by atoms with E-state index in [1.54, 1.807) is 17.8 Å². The number of rotatable bonds is 5. The van der Waals surface area contributed by atoms with Gasteiger partial charge in [-0.3, -0.25) is 0 Å². The van der Waals surface area contributed by atoms with Crippen LogP contribution in [0.3, 0.4) is 0 Å². The smallest absolute Gasteiger partial charge is 0.123 e. The molecule has 84 valence electrons. The lowest BCUT2D eigenvalue weighted by atomic mass is 10.0. The van der Waals surface area contributed by atoms with E-state index in [1.165, 1.54) is 6.07 Å². The number of nitrogens with two attached hydrogens (primary N) is 1. The zero-order valence-corrected chi connectivity index (χ0v) is 10.1. The van der Waals surface area contributed by atoms with Gasteiger partial charge in [-0.1, -0.05) is 6.07 Å². The van der Waals surface area contributed by atoms with Crippen molar-refractivity contribution in [2.75, 3.05) is 12.0 Å². The fraction of sp³-hybridized carbons (Fsp3) is 0.500. The van der Waals surface area contributed by atoms with Gasteiger partial charge < -0.3 is 5.73 Å². The second-order valence-corrected chi connectivity index (χ2v) is 4.80. The number of hydrogen-bond acceptors (Lipinski definition) is 2. The standard InChI is InChI=1S/C12H18FNS/c1-9-3-4-11(13)7-10(9)8-12(14)5-6-15-2/h3-4,7,12H,5-6,8,14H2,1-2H3. The van der Waals surface area contributed by atoms with E-state index in [2.05, 4.69) is 6.26 Å². The van der Waals surface area contributed by atoms with Gasteiger partial charge in [-0.25, -0.2) is 4.39 Å². The Balaban J connectivity index is 2.59. The van der Waals surface area contributed by atoms with Crippen LogP contribution >= 0.6 is 11.8 Å². The third-order valence-electron chi connectivity index (χ3n) is 2.49. The monoisotopic (exact) mass is 227 g/mol. The van der Waals surface area contributed by atoms with E-state index >= 15 is 0 Å². The number of benzene rings is 1. The van der Waals surface area contributed by atoms with E-state index in [0.717, 1.165) is 29.7 Å². The van der Waals surface area contributed by atoms with Gasteiger partial charge >= 0.3 is 0 Å². The molecule has 0 aliphatic rings. The van der Waals surface area contributed by atoms with Gasteiger partial charge in [-0.2, -0.15) is 11.8 Å². The van der Waals surface area contributed by atoms with Gasteiger partial charge in [0.05, 0.1) is 0 Å². The minimum atomic E-state index is -0.173. The van der Waals surface area contributed by atoms with Crippen molar-refractivity contribution in [1.82, 2.24) is 0 Å². The molecule has 1 atom stereocenters. The first-order chi connectivity index (χ1) is 7.13. The summed E-state index contributed by atoms with van der Waals surface area (Å²) in [4.78, 5) is 0. The zero-order chi connectivity index (χ0) is 11.3. The van der Waals surface area contributed by atoms with Gasteiger partial charge in [0.25, 0.3) is 0 Å². The molecule has 0 aromatic heterocycles. The van der Waals surface area contributed by atoms with Crippen LogP contribution in [0.15, 0.2) is 18.2 Å². The molecule has 1 nitrogen and oxygen atoms in total. The predicted molar refractivity (Wildman–Crippen MR) is 65.8 cm³/mol. The van der Waals surface area contributed by atoms with E-state index < -0.39 is 0 Å². The van der Waals surface area contributed by atoms with Gasteiger partial charge in [0, 0.05) is 6.04 Å². The fourth-order valence-electron chi connectivity index (χ4n) is 1.51. The molecule has 1 aromatic rings. The lowest BCUT2D eigenvalue weighted by Gasteiger charge is -2.12. The first-order valence-electron chi connectivity index (χ1n) is 5.13. The van der Waals surface area contributed by atoms with Crippen molar-refractivity contribution in [3.8, 4) is 0 Å². The maximum Gasteiger partial charge on any atom is 0.123 e. The summed E-state index contributed by atoms with van der Waals surface area (Å²) < 4.78 is 13.0. The molecule has 0 aliphatic heterocycles. The highest BCUT2D eigenvalue weighted by atomic mass is 32.2. The maximum absolute atomic E-state index is 13.0. The van der Waals surface area contributed by atoms with Gasteiger partial charge in [-0.15, -0.1) is 0 Å². The molecule has 0 saturated heterocycles. The number of halogens is 1. The van der Waals surface area contributed by atoms with Crippen LogP contribution in [0, 0.1) is 12.7 Å². The Morgan fingerprint density at radius 2 is 2.20 bits per heavy atom. The Morgan fingerprint density at radius 1 is 1.47 bits per heavy atom. The molecule has 1 aromatic carbocycles. The quantitative estimate of drug-likeness (QED) is 0.837. The SMILES string of the molecule is CSCCC(N)Cc1cc(F)ccc1C. The summed E-state index contributed by atoms with van der Waals surface area (Å²) in [6.45, 7) is 2.00. The fourth-order valence-corrected chi connectivity index (χ4v) is 2.05. The molecule has 1 rings (SSSR count). The van der Waals surface area contributed by atoms with Crippen LogP contribution in [0.5, 0.6) is 0 Å². The Bertz CT molecular complexity index is 314. The van der Waals surface area contributed by atoms with Crippen LogP contribution in [0.25, 0.3) is 0 Å². The summed E-state index contributed by atoms with van der Waals surface area (Å²) in [7, 11) is 0. The average Bonchev–Trinajstić information content (AvgIpc) is 2.20. The van der Waals surface area contributed by atoms with E-state index in [-0.39, 0.29) is 11.9 Å². The summed E-state index contributed by atoms with van der Waals surface area (Å²) in [6.07, 6.45) is 3.82. The van der Waals surface area contributed by atoms with Crippen molar-refractivity contribution in [3.05, 3.63) is 35.1 Å². The first-order valence-corrected chi connectivity index (χ1v) is 6.52. The Kier molecular flexibility index (Phi) is 5.12. The van der Waals surface area contributed by atoms with Crippen LogP contribution in [0.1, 0.15) is 17.5 Å². The minimum Gasteiger partial charge on any atom is -0.327 e. The Hall–Kier alpha value is -0.540. The second-order valence-electron chi connectivity index (χ2n) is 3.82. The van der Waals surface area contributed by atoms with Crippen LogP contribution < -0.4 is 5.73 Å². The Morgan fingerprint density at radius 3 is 2.87 bits per heavy atom. The maximum atomic E-state index is 13.0. The zero-order valence-electron chi connectivity index (χ0n) is 9.29. The lowest BCUT2D eigenvalue weighted by molar-refractivity contribution is 0.614. The van der Waals surface area contributed by atoms with E-state index in [9.17, 15) is 4.39 Å². The predicted octanol–water partition coefficient (Wildman–Crippen LogP) is 2.76. The highest BCUT2D eigenvalue weighted by Gasteiger charge is 2.06. The molecule has 0 spiro atoms. The molecule has 15 heavy (non-hydrogen) atoms. The minimum absolute atomic E-state index is 0.137. The molecule has 0 saturated carbocycles. The molecule has 0 radical (unpaired) electrons. The van der Waals surface area contributed by atoms with Crippen LogP contribution in [0.2, 0.25) is 0 Å². The van der Waals surface area contributed by atoms with Gasteiger partial charge in [0.15, 0.2) is 0 Å². The summed E-state index contributed by atoms with van der Waals surface area (Å²) in [6, 6.07) is 5.03. The van der Waals surface area contributed by atoms with Crippen molar-refractivity contribution in [2.45, 2.75) is 25.8 Å². The van der Waals surface area contributed by atoms with Gasteiger partial charge in [-0.05, 0) is 55.0 Å². The second kappa shape index (κ2) is 6.13. The highest BCUT2D eigenvalue weighted by Crippen LogP contribution is 2.13. The van der Waals surface area contributed by atoms with Crippen LogP contribution in [-0.4, -0.2) is 18.1 Å². The normalized spacial score (nSPS) is 12.8. The van der Waals surface area contributed by atoms with Crippen molar-refractivity contribution in [3.63, 3.8) is 0 Å². The molecule has 2 N–H and O–H groups in total. The van der Waals surface area contributed by atoms with Gasteiger partial charge in [0.2, 0.25) is 0 Å². The summed E-state index contributed by atoms with van der Waals surface area (Å²) in [5.41, 5.74) is 8.13. The average molecular weight is 227 g/mol. The summed E-state index contributed by atoms with van der Waals surface area (Å²) in [5.74, 6) is 0.892. The number of thioether (sulfide) groups is 1. The van der Waals surface area contributed by atoms with E-state index in [4.69, 9.17) is 5.73 Å². The lowest BCUT2D eigenvalue weighted by Crippen LogP contribution is -2.24. The first kappa shape index (κ1) is 12.5. The molecule has 0 heterocycles. The number of hydrogen-bond donors (Lipinski definition) is 1. The molecule has 3 heteroatoms. The topological polar surface area (TPSA) is 26.0 Å². The van der Waals surface area contributed by atoms with Crippen molar-refractivity contribution < 1.29 is 4.39 Å². The number of aryl methyl sites for hydroxylation is 1. The van der Waals surface area contributed by atoms with Crippen LogP contribution in [-0.2, 0) is 6.42 Å². The molecular formula is C12H18FNS. The largest absolute Gasteiger partial charge is 0.327 e. The van der Waals surface area contributed by atoms with E-state index in [0.29, 0.717) is 0 Å². The molecule has 0 amide bonds. The third kappa shape index (κ3) is 4.22. The van der Waals surface area contributed by atoms with Gasteiger partial charge in [0.1, 0.15) is 5.82 Å². The summed E-state index contributed by atoms with van der Waals surface area (Å²) >= 11 is 1.79. The molecule has 0 fully saturated rings. The van der Waals surface area contributed by atoms with Crippen LogP contribution in [0.4, 0.5) is 4.39 Å².